The molecule has 0 aromatic heterocycles. The molecule has 0 saturated heterocycles. The number of carbonyl (C=O) groups excluding carboxylic acids is 2. The molecule has 3 aromatic carbocycles. The van der Waals surface area contributed by atoms with Gasteiger partial charge in [-0.1, -0.05) is 60.7 Å². The van der Waals surface area contributed by atoms with E-state index in [1.165, 1.54) is 0 Å². The van der Waals surface area contributed by atoms with Crippen LogP contribution in [0.4, 0.5) is 0 Å². The van der Waals surface area contributed by atoms with Gasteiger partial charge >= 0.3 is 0 Å². The van der Waals surface area contributed by atoms with Crippen molar-refractivity contribution in [3.63, 3.8) is 0 Å². The molecule has 0 aliphatic carbocycles. The van der Waals surface area contributed by atoms with E-state index in [9.17, 15) is 9.59 Å². The summed E-state index contributed by atoms with van der Waals surface area (Å²) < 4.78 is 0. The van der Waals surface area contributed by atoms with E-state index in [4.69, 9.17) is 0 Å². The second-order valence-electron chi connectivity index (χ2n) is 4.60. The van der Waals surface area contributed by atoms with Crippen LogP contribution in [0, 0.1) is 0 Å². The summed E-state index contributed by atoms with van der Waals surface area (Å²) in [5.74, 6) is -0.126. The zero-order valence-electron chi connectivity index (χ0n) is 10.7. The van der Waals surface area contributed by atoms with Crippen LogP contribution in [0.2, 0.25) is 0 Å². The average Bonchev–Trinajstić information content (AvgIpc) is 2.53. The average molecular weight is 260 g/mol. The summed E-state index contributed by atoms with van der Waals surface area (Å²) >= 11 is 0. The first kappa shape index (κ1) is 12.3. The first-order valence-electron chi connectivity index (χ1n) is 6.37. The molecule has 0 aliphatic heterocycles. The predicted molar refractivity (Wildman–Crippen MR) is 79.2 cm³/mol. The zero-order chi connectivity index (χ0) is 13.9. The molecule has 0 heterocycles. The molecule has 2 nitrogen and oxygen atoms in total. The lowest BCUT2D eigenvalue weighted by Gasteiger charge is -2.05. The standard InChI is InChI=1S/C18H12O2/c19-12-16-7-3-4-8-17(16)18(20)15-10-9-13-5-1-2-6-14(13)11-15/h1-12H. The van der Waals surface area contributed by atoms with Crippen LogP contribution in [0.25, 0.3) is 10.8 Å². The topological polar surface area (TPSA) is 34.1 Å². The van der Waals surface area contributed by atoms with E-state index in [0.717, 1.165) is 10.8 Å². The summed E-state index contributed by atoms with van der Waals surface area (Å²) in [7, 11) is 0. The minimum atomic E-state index is -0.126. The summed E-state index contributed by atoms with van der Waals surface area (Å²) in [6, 6.07) is 20.3. The van der Waals surface area contributed by atoms with E-state index < -0.39 is 0 Å². The maximum absolute atomic E-state index is 12.5. The Hall–Kier alpha value is -2.74. The van der Waals surface area contributed by atoms with Crippen molar-refractivity contribution in [3.8, 4) is 0 Å². The highest BCUT2D eigenvalue weighted by molar-refractivity contribution is 6.13. The lowest BCUT2D eigenvalue weighted by molar-refractivity contribution is 0.102. The molecule has 0 spiro atoms. The number of rotatable bonds is 3. The molecule has 0 saturated carbocycles. The van der Waals surface area contributed by atoms with E-state index in [1.54, 1.807) is 30.3 Å². The summed E-state index contributed by atoms with van der Waals surface area (Å²) in [5.41, 5.74) is 1.46. The smallest absolute Gasteiger partial charge is 0.193 e. The lowest BCUT2D eigenvalue weighted by Crippen LogP contribution is -2.04. The van der Waals surface area contributed by atoms with Crippen molar-refractivity contribution >= 4 is 22.8 Å². The normalized spacial score (nSPS) is 10.4. The van der Waals surface area contributed by atoms with E-state index in [1.807, 2.05) is 36.4 Å². The third-order valence-electron chi connectivity index (χ3n) is 3.34. The van der Waals surface area contributed by atoms with Crippen LogP contribution in [0.15, 0.2) is 66.7 Å². The van der Waals surface area contributed by atoms with Crippen molar-refractivity contribution in [3.05, 3.63) is 83.4 Å². The lowest BCUT2D eigenvalue weighted by atomic mass is 9.97. The third kappa shape index (κ3) is 2.12. The highest BCUT2D eigenvalue weighted by Gasteiger charge is 2.13. The van der Waals surface area contributed by atoms with Crippen LogP contribution in [-0.2, 0) is 0 Å². The molecule has 0 unspecified atom stereocenters. The molecule has 0 fully saturated rings. The molecule has 0 amide bonds. The minimum absolute atomic E-state index is 0.126. The largest absolute Gasteiger partial charge is 0.298 e. The Morgan fingerprint density at radius 1 is 0.800 bits per heavy atom. The predicted octanol–water partition coefficient (Wildman–Crippen LogP) is 3.88. The van der Waals surface area contributed by atoms with Crippen molar-refractivity contribution in [2.45, 2.75) is 0 Å². The summed E-state index contributed by atoms with van der Waals surface area (Å²) in [5, 5.41) is 2.11. The molecule has 3 rings (SSSR count). The molecule has 2 heteroatoms. The number of carbonyl (C=O) groups is 2. The van der Waals surface area contributed by atoms with Crippen LogP contribution in [0.5, 0.6) is 0 Å². The van der Waals surface area contributed by atoms with Crippen molar-refractivity contribution in [1.29, 1.82) is 0 Å². The van der Waals surface area contributed by atoms with Crippen molar-refractivity contribution in [2.75, 3.05) is 0 Å². The maximum Gasteiger partial charge on any atom is 0.193 e. The molecule has 20 heavy (non-hydrogen) atoms. The number of benzene rings is 3. The number of ketones is 1. The number of hydrogen-bond donors (Lipinski definition) is 0. The molecule has 0 N–H and O–H groups in total. The van der Waals surface area contributed by atoms with Gasteiger partial charge in [0.15, 0.2) is 12.1 Å². The minimum Gasteiger partial charge on any atom is -0.298 e. The van der Waals surface area contributed by atoms with Crippen molar-refractivity contribution in [1.82, 2.24) is 0 Å². The van der Waals surface area contributed by atoms with Crippen LogP contribution in [-0.4, -0.2) is 12.1 Å². The van der Waals surface area contributed by atoms with Gasteiger partial charge in [0.05, 0.1) is 0 Å². The van der Waals surface area contributed by atoms with Gasteiger partial charge in [-0.05, 0) is 16.8 Å². The number of aldehydes is 1. The molecular formula is C18H12O2. The van der Waals surface area contributed by atoms with E-state index >= 15 is 0 Å². The van der Waals surface area contributed by atoms with E-state index in [2.05, 4.69) is 0 Å². The summed E-state index contributed by atoms with van der Waals surface area (Å²) in [6.45, 7) is 0. The Morgan fingerprint density at radius 3 is 2.30 bits per heavy atom. The number of hydrogen-bond acceptors (Lipinski definition) is 2. The van der Waals surface area contributed by atoms with Gasteiger partial charge in [0.25, 0.3) is 0 Å². The van der Waals surface area contributed by atoms with Gasteiger partial charge in [0, 0.05) is 16.7 Å². The molecule has 3 aromatic rings. The molecule has 96 valence electrons. The monoisotopic (exact) mass is 260 g/mol. The Kier molecular flexibility index (Phi) is 3.13. The second kappa shape index (κ2) is 5.10. The maximum atomic E-state index is 12.5. The molecular weight excluding hydrogens is 248 g/mol. The Labute approximate surface area is 116 Å². The van der Waals surface area contributed by atoms with Crippen LogP contribution in [0.3, 0.4) is 0 Å². The van der Waals surface area contributed by atoms with Crippen molar-refractivity contribution < 1.29 is 9.59 Å². The molecule has 0 radical (unpaired) electrons. The fourth-order valence-electron chi connectivity index (χ4n) is 2.29. The molecule has 0 atom stereocenters. The summed E-state index contributed by atoms with van der Waals surface area (Å²) in [6.07, 6.45) is 0.717. The molecule has 0 aliphatic rings. The van der Waals surface area contributed by atoms with Gasteiger partial charge in [0.1, 0.15) is 0 Å². The van der Waals surface area contributed by atoms with Gasteiger partial charge in [-0.2, -0.15) is 0 Å². The molecule has 0 bridgehead atoms. The summed E-state index contributed by atoms with van der Waals surface area (Å²) in [4.78, 5) is 23.5. The first-order valence-corrected chi connectivity index (χ1v) is 6.37. The zero-order valence-corrected chi connectivity index (χ0v) is 10.7. The number of fused-ring (bicyclic) bond motifs is 1. The van der Waals surface area contributed by atoms with Gasteiger partial charge in [-0.3, -0.25) is 9.59 Å². The Morgan fingerprint density at radius 2 is 1.50 bits per heavy atom. The van der Waals surface area contributed by atoms with E-state index in [0.29, 0.717) is 23.0 Å². The quantitative estimate of drug-likeness (QED) is 0.529. The van der Waals surface area contributed by atoms with Crippen LogP contribution >= 0.6 is 0 Å². The Bertz CT molecular complexity index is 803. The van der Waals surface area contributed by atoms with Gasteiger partial charge < -0.3 is 0 Å². The van der Waals surface area contributed by atoms with E-state index in [-0.39, 0.29) is 5.78 Å². The third-order valence-corrected chi connectivity index (χ3v) is 3.34. The fraction of sp³-hybridized carbons (Fsp3) is 0. The highest BCUT2D eigenvalue weighted by atomic mass is 16.1. The van der Waals surface area contributed by atoms with Gasteiger partial charge in [0.2, 0.25) is 0 Å². The van der Waals surface area contributed by atoms with Crippen LogP contribution < -0.4 is 0 Å². The highest BCUT2D eigenvalue weighted by Crippen LogP contribution is 2.19. The van der Waals surface area contributed by atoms with Gasteiger partial charge in [-0.25, -0.2) is 0 Å². The van der Waals surface area contributed by atoms with Crippen molar-refractivity contribution in [2.24, 2.45) is 0 Å². The van der Waals surface area contributed by atoms with Gasteiger partial charge in [-0.15, -0.1) is 0 Å². The SMILES string of the molecule is O=Cc1ccccc1C(=O)c1ccc2ccccc2c1. The first-order chi connectivity index (χ1) is 9.79. The second-order valence-corrected chi connectivity index (χ2v) is 4.60. The fourth-order valence-corrected chi connectivity index (χ4v) is 2.29. The van der Waals surface area contributed by atoms with Crippen LogP contribution in [0.1, 0.15) is 26.3 Å². The Balaban J connectivity index is 2.10.